The summed E-state index contributed by atoms with van der Waals surface area (Å²) in [6.07, 6.45) is -0.798. The molecule has 3 unspecified atom stereocenters. The van der Waals surface area contributed by atoms with Crippen LogP contribution in [0.5, 0.6) is 0 Å². The molecule has 11 heteroatoms. The van der Waals surface area contributed by atoms with E-state index in [0.29, 0.717) is 5.56 Å². The van der Waals surface area contributed by atoms with Crippen molar-refractivity contribution in [2.24, 2.45) is 11.7 Å². The summed E-state index contributed by atoms with van der Waals surface area (Å²) in [5, 5.41) is 25.2. The van der Waals surface area contributed by atoms with Gasteiger partial charge in [-0.05, 0) is 11.5 Å². The molecule has 7 N–H and O–H groups in total. The number of rotatable bonds is 12. The predicted molar refractivity (Wildman–Crippen MR) is 110 cm³/mol. The third-order valence-electron chi connectivity index (χ3n) is 4.37. The summed E-state index contributed by atoms with van der Waals surface area (Å²) in [6.45, 7) is 2.94. The van der Waals surface area contributed by atoms with E-state index in [1.165, 1.54) is 0 Å². The van der Waals surface area contributed by atoms with E-state index in [-0.39, 0.29) is 12.3 Å². The Balaban J connectivity index is 2.76. The Morgan fingerprint density at radius 1 is 0.935 bits per heavy atom. The topological polar surface area (TPSA) is 188 Å². The third kappa shape index (κ3) is 9.26. The minimum absolute atomic E-state index is 0.0290. The molecule has 1 rings (SSSR count). The Labute approximate surface area is 179 Å². The van der Waals surface area contributed by atoms with Crippen LogP contribution in [0, 0.1) is 5.92 Å². The quantitative estimate of drug-likeness (QED) is 0.237. The molecule has 1 aromatic rings. The molecule has 0 aliphatic heterocycles. The molecule has 0 fully saturated rings. The second-order valence-corrected chi connectivity index (χ2v) is 7.29. The molecule has 1 aromatic carbocycles. The first-order chi connectivity index (χ1) is 14.5. The van der Waals surface area contributed by atoms with Crippen LogP contribution >= 0.6 is 0 Å². The van der Waals surface area contributed by atoms with Gasteiger partial charge in [-0.2, -0.15) is 0 Å². The maximum Gasteiger partial charge on any atom is 0.326 e. The van der Waals surface area contributed by atoms with Crippen molar-refractivity contribution in [2.45, 2.75) is 44.8 Å². The monoisotopic (exact) mass is 436 g/mol. The van der Waals surface area contributed by atoms with Crippen LogP contribution in [0.4, 0.5) is 0 Å². The summed E-state index contributed by atoms with van der Waals surface area (Å²) >= 11 is 0. The second-order valence-electron chi connectivity index (χ2n) is 7.29. The number of hydrogen-bond donors (Lipinski definition) is 6. The minimum atomic E-state index is -1.53. The normalized spacial score (nSPS) is 13.5. The fourth-order valence-corrected chi connectivity index (χ4v) is 2.54. The van der Waals surface area contributed by atoms with Crippen molar-refractivity contribution >= 4 is 29.7 Å². The van der Waals surface area contributed by atoms with Gasteiger partial charge in [-0.25, -0.2) is 4.79 Å². The largest absolute Gasteiger partial charge is 0.481 e. The highest BCUT2D eigenvalue weighted by atomic mass is 16.4. The van der Waals surface area contributed by atoms with Gasteiger partial charge in [0.15, 0.2) is 0 Å². The fourth-order valence-electron chi connectivity index (χ4n) is 2.54. The molecule has 0 bridgehead atoms. The van der Waals surface area contributed by atoms with Crippen molar-refractivity contribution in [3.8, 4) is 0 Å². The Morgan fingerprint density at radius 2 is 1.55 bits per heavy atom. The van der Waals surface area contributed by atoms with Gasteiger partial charge in [-0.1, -0.05) is 44.2 Å². The zero-order valence-electron chi connectivity index (χ0n) is 17.3. The van der Waals surface area contributed by atoms with E-state index >= 15 is 0 Å². The standard InChI is InChI=1S/C20H28N4O7/c1-11(2)17(21)19(29)22-10-15(25)23-13(9-16(26)27)18(28)24-14(20(30)31)8-12-6-4-3-5-7-12/h3-7,11,13-14,17H,8-10,21H2,1-2H3,(H,22,29)(H,23,25)(H,24,28)(H,26,27)(H,30,31). The zero-order valence-corrected chi connectivity index (χ0v) is 17.3. The summed E-state index contributed by atoms with van der Waals surface area (Å²) in [4.78, 5) is 59.0. The molecule has 0 saturated carbocycles. The predicted octanol–water partition coefficient (Wildman–Crippen LogP) is -1.14. The van der Waals surface area contributed by atoms with Crippen molar-refractivity contribution in [3.05, 3.63) is 35.9 Å². The molecule has 0 saturated heterocycles. The van der Waals surface area contributed by atoms with E-state index in [0.717, 1.165) is 0 Å². The average Bonchev–Trinajstić information content (AvgIpc) is 2.70. The van der Waals surface area contributed by atoms with Gasteiger partial charge in [0.25, 0.3) is 0 Å². The van der Waals surface area contributed by atoms with Gasteiger partial charge in [-0.15, -0.1) is 0 Å². The molecule has 31 heavy (non-hydrogen) atoms. The minimum Gasteiger partial charge on any atom is -0.481 e. The lowest BCUT2D eigenvalue weighted by Gasteiger charge is -2.21. The zero-order chi connectivity index (χ0) is 23.6. The number of carboxylic acids is 2. The summed E-state index contributed by atoms with van der Waals surface area (Å²) in [6, 6.07) is 4.85. The second kappa shape index (κ2) is 12.3. The highest BCUT2D eigenvalue weighted by Crippen LogP contribution is 2.05. The number of nitrogens with two attached hydrogens (primary N) is 1. The average molecular weight is 436 g/mol. The Kier molecular flexibility index (Phi) is 10.1. The lowest BCUT2D eigenvalue weighted by Crippen LogP contribution is -2.55. The molecule has 0 heterocycles. The van der Waals surface area contributed by atoms with Crippen LogP contribution in [0.15, 0.2) is 30.3 Å². The molecule has 0 aliphatic carbocycles. The highest BCUT2D eigenvalue weighted by Gasteiger charge is 2.28. The van der Waals surface area contributed by atoms with Crippen LogP contribution in [0.3, 0.4) is 0 Å². The number of carbonyl (C=O) groups is 5. The molecule has 0 radical (unpaired) electrons. The number of hydrogen-bond acceptors (Lipinski definition) is 6. The molecule has 0 aliphatic rings. The Morgan fingerprint density at radius 3 is 2.06 bits per heavy atom. The lowest BCUT2D eigenvalue weighted by molar-refractivity contribution is -0.143. The van der Waals surface area contributed by atoms with Crippen LogP contribution in [0.2, 0.25) is 0 Å². The molecule has 0 spiro atoms. The Bertz CT molecular complexity index is 798. The number of carboxylic acid groups (broad SMARTS) is 2. The van der Waals surface area contributed by atoms with Gasteiger partial charge >= 0.3 is 11.9 Å². The summed E-state index contributed by atoms with van der Waals surface area (Å²) < 4.78 is 0. The van der Waals surface area contributed by atoms with Crippen LogP contribution < -0.4 is 21.7 Å². The third-order valence-corrected chi connectivity index (χ3v) is 4.37. The molecule has 0 aromatic heterocycles. The summed E-state index contributed by atoms with van der Waals surface area (Å²) in [5.74, 6) is -5.21. The van der Waals surface area contributed by atoms with Gasteiger partial charge < -0.3 is 31.9 Å². The SMILES string of the molecule is CC(C)C(N)C(=O)NCC(=O)NC(CC(=O)O)C(=O)NC(Cc1ccccc1)C(=O)O. The van der Waals surface area contributed by atoms with E-state index in [1.54, 1.807) is 44.2 Å². The highest BCUT2D eigenvalue weighted by molar-refractivity contribution is 5.94. The molecule has 11 nitrogen and oxygen atoms in total. The van der Waals surface area contributed by atoms with E-state index in [4.69, 9.17) is 10.8 Å². The van der Waals surface area contributed by atoms with Crippen molar-refractivity contribution in [2.75, 3.05) is 6.54 Å². The molecular weight excluding hydrogens is 408 g/mol. The smallest absolute Gasteiger partial charge is 0.326 e. The maximum atomic E-state index is 12.5. The van der Waals surface area contributed by atoms with Gasteiger partial charge in [0.1, 0.15) is 12.1 Å². The summed E-state index contributed by atoms with van der Waals surface area (Å²) in [5.41, 5.74) is 6.32. The first-order valence-electron chi connectivity index (χ1n) is 9.62. The van der Waals surface area contributed by atoms with Crippen LogP contribution in [0.25, 0.3) is 0 Å². The molecule has 3 atom stereocenters. The number of amides is 3. The number of nitrogens with one attached hydrogen (secondary N) is 3. The molecular formula is C20H28N4O7. The van der Waals surface area contributed by atoms with Crippen molar-refractivity contribution in [1.82, 2.24) is 16.0 Å². The van der Waals surface area contributed by atoms with E-state index < -0.39 is 60.8 Å². The van der Waals surface area contributed by atoms with E-state index in [9.17, 15) is 29.1 Å². The van der Waals surface area contributed by atoms with E-state index in [1.807, 2.05) is 0 Å². The fraction of sp³-hybridized carbons (Fsp3) is 0.450. The van der Waals surface area contributed by atoms with Gasteiger partial charge in [0, 0.05) is 6.42 Å². The number of benzene rings is 1. The van der Waals surface area contributed by atoms with Crippen LogP contribution in [-0.2, 0) is 30.4 Å². The van der Waals surface area contributed by atoms with Gasteiger partial charge in [0.2, 0.25) is 17.7 Å². The van der Waals surface area contributed by atoms with Crippen molar-refractivity contribution in [3.63, 3.8) is 0 Å². The van der Waals surface area contributed by atoms with Crippen molar-refractivity contribution < 1.29 is 34.2 Å². The summed E-state index contributed by atoms with van der Waals surface area (Å²) in [7, 11) is 0. The van der Waals surface area contributed by atoms with Gasteiger partial charge in [-0.3, -0.25) is 19.2 Å². The van der Waals surface area contributed by atoms with Crippen LogP contribution in [0.1, 0.15) is 25.8 Å². The Hall–Kier alpha value is -3.47. The molecule has 3 amide bonds. The number of carbonyl (C=O) groups excluding carboxylic acids is 3. The number of aliphatic carboxylic acids is 2. The maximum absolute atomic E-state index is 12.5. The molecule has 170 valence electrons. The first-order valence-corrected chi connectivity index (χ1v) is 9.62. The van der Waals surface area contributed by atoms with E-state index in [2.05, 4.69) is 16.0 Å². The first kappa shape index (κ1) is 25.6. The van der Waals surface area contributed by atoms with Crippen molar-refractivity contribution in [1.29, 1.82) is 0 Å². The van der Waals surface area contributed by atoms with Crippen LogP contribution in [-0.4, -0.2) is 64.5 Å². The lowest BCUT2D eigenvalue weighted by atomic mass is 10.0. The van der Waals surface area contributed by atoms with Gasteiger partial charge in [0.05, 0.1) is 19.0 Å².